The van der Waals surface area contributed by atoms with E-state index in [0.717, 1.165) is 23.6 Å². The van der Waals surface area contributed by atoms with Crippen LogP contribution in [-0.2, 0) is 0 Å². The maximum absolute atomic E-state index is 13.2. The molecule has 1 atom stereocenters. The summed E-state index contributed by atoms with van der Waals surface area (Å²) in [6.45, 7) is 1.23. The molecule has 1 aliphatic rings. The minimum absolute atomic E-state index is 0.0500. The van der Waals surface area contributed by atoms with E-state index in [9.17, 15) is 9.59 Å². The quantitative estimate of drug-likeness (QED) is 0.701. The van der Waals surface area contributed by atoms with Crippen molar-refractivity contribution in [3.8, 4) is 0 Å². The third-order valence-electron chi connectivity index (χ3n) is 5.85. The summed E-state index contributed by atoms with van der Waals surface area (Å²) in [6.07, 6.45) is 7.15. The second-order valence-electron chi connectivity index (χ2n) is 7.72. The molecule has 0 spiro atoms. The first-order valence-corrected chi connectivity index (χ1v) is 10.5. The van der Waals surface area contributed by atoms with Gasteiger partial charge in [-0.15, -0.1) is 0 Å². The number of pyridine rings is 1. The Morgan fingerprint density at radius 3 is 2.61 bits per heavy atom. The van der Waals surface area contributed by atoms with E-state index in [2.05, 4.69) is 20.3 Å². The van der Waals surface area contributed by atoms with Gasteiger partial charge in [0.1, 0.15) is 5.69 Å². The van der Waals surface area contributed by atoms with Gasteiger partial charge in [0.25, 0.3) is 11.8 Å². The molecule has 0 unspecified atom stereocenters. The monoisotopic (exact) mass is 418 g/mol. The molecule has 1 aromatic carbocycles. The second-order valence-corrected chi connectivity index (χ2v) is 7.72. The molecular weight excluding hydrogens is 392 g/mol. The first kappa shape index (κ1) is 20.7. The summed E-state index contributed by atoms with van der Waals surface area (Å²) >= 11 is 0. The number of amides is 2. The molecule has 1 aliphatic heterocycles. The molecule has 1 saturated heterocycles. The van der Waals surface area contributed by atoms with E-state index in [4.69, 9.17) is 0 Å². The van der Waals surface area contributed by atoms with Gasteiger partial charge in [0.15, 0.2) is 0 Å². The number of nitrogens with one attached hydrogen (secondary N) is 1. The highest BCUT2D eigenvalue weighted by atomic mass is 16.2. The lowest BCUT2D eigenvalue weighted by molar-refractivity contribution is 0.0707. The molecule has 2 amide bonds. The van der Waals surface area contributed by atoms with E-state index in [1.54, 1.807) is 30.5 Å². The van der Waals surface area contributed by atoms with E-state index >= 15 is 0 Å². The second kappa shape index (κ2) is 9.07. The molecular formula is C23H26N6O2. The molecule has 0 bridgehead atoms. The maximum atomic E-state index is 13.2. The zero-order valence-corrected chi connectivity index (χ0v) is 17.8. The summed E-state index contributed by atoms with van der Waals surface area (Å²) in [4.78, 5) is 42.3. The molecule has 0 aliphatic carbocycles. The summed E-state index contributed by atoms with van der Waals surface area (Å²) in [5, 5.41) is 4.70. The summed E-state index contributed by atoms with van der Waals surface area (Å²) in [7, 11) is 3.57. The third-order valence-corrected chi connectivity index (χ3v) is 5.85. The van der Waals surface area contributed by atoms with Crippen molar-refractivity contribution in [3.63, 3.8) is 0 Å². The van der Waals surface area contributed by atoms with Gasteiger partial charge in [-0.3, -0.25) is 14.6 Å². The van der Waals surface area contributed by atoms with Crippen LogP contribution in [-0.4, -0.2) is 69.8 Å². The van der Waals surface area contributed by atoms with Crippen molar-refractivity contribution in [2.24, 2.45) is 0 Å². The van der Waals surface area contributed by atoms with Crippen LogP contribution < -0.4 is 5.32 Å². The van der Waals surface area contributed by atoms with Gasteiger partial charge in [-0.05, 0) is 30.7 Å². The predicted molar refractivity (Wildman–Crippen MR) is 119 cm³/mol. The number of aromatic nitrogens is 3. The van der Waals surface area contributed by atoms with Crippen LogP contribution in [0, 0.1) is 0 Å². The molecule has 8 nitrogen and oxygen atoms in total. The van der Waals surface area contributed by atoms with Crippen LogP contribution in [0.5, 0.6) is 0 Å². The summed E-state index contributed by atoms with van der Waals surface area (Å²) < 4.78 is 0. The largest absolute Gasteiger partial charge is 0.357 e. The van der Waals surface area contributed by atoms with E-state index in [0.29, 0.717) is 36.7 Å². The Morgan fingerprint density at radius 1 is 1.06 bits per heavy atom. The smallest absolute Gasteiger partial charge is 0.273 e. The number of nitrogens with zero attached hydrogens (tertiary/aromatic N) is 5. The first-order valence-electron chi connectivity index (χ1n) is 10.5. The van der Waals surface area contributed by atoms with Crippen LogP contribution >= 0.6 is 0 Å². The van der Waals surface area contributed by atoms with Gasteiger partial charge in [0, 0.05) is 57.2 Å². The van der Waals surface area contributed by atoms with Crippen molar-refractivity contribution in [2.45, 2.75) is 25.3 Å². The van der Waals surface area contributed by atoms with Gasteiger partial charge in [-0.1, -0.05) is 24.3 Å². The van der Waals surface area contributed by atoms with Gasteiger partial charge < -0.3 is 15.1 Å². The minimum Gasteiger partial charge on any atom is -0.357 e. The minimum atomic E-state index is -0.0855. The Bertz CT molecular complexity index is 1080. The number of likely N-dealkylation sites (tertiary alicyclic amines) is 1. The topological polar surface area (TPSA) is 91.3 Å². The van der Waals surface area contributed by atoms with Gasteiger partial charge in [-0.2, -0.15) is 0 Å². The molecule has 2 aromatic heterocycles. The number of hydrogen-bond acceptors (Lipinski definition) is 6. The van der Waals surface area contributed by atoms with Crippen molar-refractivity contribution >= 4 is 28.5 Å². The number of hydrogen-bond donors (Lipinski definition) is 1. The number of carbonyl (C=O) groups is 2. The summed E-state index contributed by atoms with van der Waals surface area (Å²) in [5.74, 6) is 0.320. The molecule has 31 heavy (non-hydrogen) atoms. The van der Waals surface area contributed by atoms with Crippen LogP contribution in [0.1, 0.15) is 40.1 Å². The van der Waals surface area contributed by atoms with Crippen LogP contribution in [0.25, 0.3) is 10.8 Å². The van der Waals surface area contributed by atoms with Crippen LogP contribution in [0.15, 0.2) is 48.9 Å². The van der Waals surface area contributed by atoms with Crippen molar-refractivity contribution in [3.05, 3.63) is 60.2 Å². The van der Waals surface area contributed by atoms with Crippen molar-refractivity contribution in [2.75, 3.05) is 32.5 Å². The zero-order valence-electron chi connectivity index (χ0n) is 17.8. The fourth-order valence-corrected chi connectivity index (χ4v) is 4.04. The highest BCUT2D eigenvalue weighted by molar-refractivity contribution is 6.05. The highest BCUT2D eigenvalue weighted by Crippen LogP contribution is 2.22. The molecule has 3 heterocycles. The van der Waals surface area contributed by atoms with Gasteiger partial charge in [-0.25, -0.2) is 9.97 Å². The molecule has 0 saturated carbocycles. The normalized spacial score (nSPS) is 16.6. The number of fused-ring (bicyclic) bond motifs is 1. The molecule has 1 N–H and O–H groups in total. The lowest BCUT2D eigenvalue weighted by Gasteiger charge is -2.27. The Balaban J connectivity index is 1.45. The van der Waals surface area contributed by atoms with Gasteiger partial charge in [0.2, 0.25) is 5.95 Å². The lowest BCUT2D eigenvalue weighted by Crippen LogP contribution is -2.39. The lowest BCUT2D eigenvalue weighted by atomic mass is 10.1. The average Bonchev–Trinajstić information content (AvgIpc) is 3.09. The number of carbonyl (C=O) groups excluding carboxylic acids is 2. The van der Waals surface area contributed by atoms with Gasteiger partial charge in [0.05, 0.1) is 5.56 Å². The Morgan fingerprint density at radius 2 is 1.84 bits per heavy atom. The van der Waals surface area contributed by atoms with Crippen molar-refractivity contribution in [1.82, 2.24) is 24.8 Å². The first-order chi connectivity index (χ1) is 15.1. The average molecular weight is 419 g/mol. The highest BCUT2D eigenvalue weighted by Gasteiger charge is 2.28. The van der Waals surface area contributed by atoms with E-state index in [1.165, 1.54) is 0 Å². The summed E-state index contributed by atoms with van der Waals surface area (Å²) in [5.41, 5.74) is 0.946. The standard InChI is InChI=1S/C23H26N6O2/c1-24-23-26-14-17(15-27-23)21(30)29-12-5-7-18(10-13-29)28(2)22(31)20-19-8-4-3-6-16(19)9-11-25-20/h3-4,6,8-9,11,14-15,18H,5,7,10,12-13H2,1-2H3,(H,24,26,27)/t18-/m0/s1. The number of anilines is 1. The summed E-state index contributed by atoms with van der Waals surface area (Å²) in [6, 6.07) is 9.74. The molecule has 1 fully saturated rings. The van der Waals surface area contributed by atoms with Crippen LogP contribution in [0.4, 0.5) is 5.95 Å². The Kier molecular flexibility index (Phi) is 6.06. The van der Waals surface area contributed by atoms with Crippen molar-refractivity contribution in [1.29, 1.82) is 0 Å². The number of rotatable bonds is 4. The zero-order chi connectivity index (χ0) is 21.8. The predicted octanol–water partition coefficient (Wildman–Crippen LogP) is 2.83. The van der Waals surface area contributed by atoms with E-state index in [1.807, 2.05) is 42.3 Å². The SMILES string of the molecule is CNc1ncc(C(=O)N2CCC[C@H](N(C)C(=O)c3nccc4ccccc34)CC2)cn1. The number of benzene rings is 1. The molecule has 160 valence electrons. The van der Waals surface area contributed by atoms with Crippen molar-refractivity contribution < 1.29 is 9.59 Å². The molecule has 4 rings (SSSR count). The van der Waals surface area contributed by atoms with E-state index < -0.39 is 0 Å². The molecule has 8 heteroatoms. The maximum Gasteiger partial charge on any atom is 0.273 e. The van der Waals surface area contributed by atoms with Crippen LogP contribution in [0.3, 0.4) is 0 Å². The van der Waals surface area contributed by atoms with Gasteiger partial charge >= 0.3 is 0 Å². The molecule has 3 aromatic rings. The Hall–Kier alpha value is -3.55. The third kappa shape index (κ3) is 4.33. The fraction of sp³-hybridized carbons (Fsp3) is 0.348. The van der Waals surface area contributed by atoms with Crippen LogP contribution in [0.2, 0.25) is 0 Å². The van der Waals surface area contributed by atoms with E-state index in [-0.39, 0.29) is 17.9 Å². The molecule has 0 radical (unpaired) electrons. The fourth-order valence-electron chi connectivity index (χ4n) is 4.04. The Labute approximate surface area is 181 Å².